The molecule has 0 aromatic carbocycles. The molecule has 0 radical (unpaired) electrons. The minimum absolute atomic E-state index is 0.172. The smallest absolute Gasteiger partial charge is 0.157 e. The summed E-state index contributed by atoms with van der Waals surface area (Å²) in [5.74, 6) is 0.616. The molecule has 3 nitrogen and oxygen atoms in total. The first-order valence-electron chi connectivity index (χ1n) is 5.49. The topological polar surface area (TPSA) is 46.2 Å². The Morgan fingerprint density at radius 1 is 1.14 bits per heavy atom. The largest absolute Gasteiger partial charge is 0.312 e. The zero-order chi connectivity index (χ0) is 10.3. The molecule has 1 aliphatic carbocycles. The van der Waals surface area contributed by atoms with Crippen LogP contribution in [-0.2, 0) is 9.84 Å². The molecule has 14 heavy (non-hydrogen) atoms. The standard InChI is InChI=1S/C10H19NO2S/c1-7-5-6-11-10(9-3-4-9)8(2)14(7,12)13/h7-11H,3-6H2,1-2H3. The lowest BCUT2D eigenvalue weighted by molar-refractivity contribution is 0.457. The van der Waals surface area contributed by atoms with Crippen LogP contribution in [0.2, 0.25) is 0 Å². The van der Waals surface area contributed by atoms with Crippen molar-refractivity contribution in [2.24, 2.45) is 5.92 Å². The van der Waals surface area contributed by atoms with Crippen molar-refractivity contribution in [2.75, 3.05) is 6.54 Å². The Morgan fingerprint density at radius 2 is 1.79 bits per heavy atom. The maximum atomic E-state index is 12.0. The van der Waals surface area contributed by atoms with Crippen molar-refractivity contribution >= 4 is 9.84 Å². The molecule has 3 atom stereocenters. The van der Waals surface area contributed by atoms with E-state index in [1.165, 1.54) is 12.8 Å². The van der Waals surface area contributed by atoms with E-state index in [9.17, 15) is 8.42 Å². The Balaban J connectivity index is 2.22. The second-order valence-electron chi connectivity index (χ2n) is 4.71. The molecule has 1 aliphatic heterocycles. The fourth-order valence-corrected chi connectivity index (χ4v) is 4.27. The van der Waals surface area contributed by atoms with Gasteiger partial charge in [0.2, 0.25) is 0 Å². The van der Waals surface area contributed by atoms with Crippen LogP contribution in [0.5, 0.6) is 0 Å². The summed E-state index contributed by atoms with van der Waals surface area (Å²) in [5, 5.41) is 3.03. The van der Waals surface area contributed by atoms with Crippen molar-refractivity contribution < 1.29 is 8.42 Å². The van der Waals surface area contributed by atoms with Gasteiger partial charge in [-0.2, -0.15) is 0 Å². The van der Waals surface area contributed by atoms with Crippen LogP contribution in [-0.4, -0.2) is 31.5 Å². The van der Waals surface area contributed by atoms with Gasteiger partial charge in [-0.15, -0.1) is 0 Å². The molecule has 82 valence electrons. The summed E-state index contributed by atoms with van der Waals surface area (Å²) in [6.45, 7) is 4.56. The van der Waals surface area contributed by atoms with Gasteiger partial charge in [-0.05, 0) is 45.6 Å². The van der Waals surface area contributed by atoms with E-state index in [0.29, 0.717) is 5.92 Å². The van der Waals surface area contributed by atoms with Gasteiger partial charge in [0.15, 0.2) is 9.84 Å². The van der Waals surface area contributed by atoms with Gasteiger partial charge in [-0.25, -0.2) is 8.42 Å². The van der Waals surface area contributed by atoms with Crippen LogP contribution in [0.4, 0.5) is 0 Å². The molecule has 0 aromatic heterocycles. The highest BCUT2D eigenvalue weighted by Gasteiger charge is 2.43. The van der Waals surface area contributed by atoms with E-state index in [2.05, 4.69) is 5.32 Å². The van der Waals surface area contributed by atoms with Gasteiger partial charge >= 0.3 is 0 Å². The third kappa shape index (κ3) is 1.70. The molecule has 2 rings (SSSR count). The maximum absolute atomic E-state index is 12.0. The predicted molar refractivity (Wildman–Crippen MR) is 57.0 cm³/mol. The number of sulfone groups is 1. The van der Waals surface area contributed by atoms with Crippen molar-refractivity contribution in [3.05, 3.63) is 0 Å². The first-order valence-corrected chi connectivity index (χ1v) is 7.10. The number of rotatable bonds is 1. The van der Waals surface area contributed by atoms with Gasteiger partial charge < -0.3 is 5.32 Å². The number of nitrogens with one attached hydrogen (secondary N) is 1. The summed E-state index contributed by atoms with van der Waals surface area (Å²) < 4.78 is 24.1. The fourth-order valence-electron chi connectivity index (χ4n) is 2.36. The Labute approximate surface area is 86.2 Å². The lowest BCUT2D eigenvalue weighted by atomic mass is 10.1. The van der Waals surface area contributed by atoms with Gasteiger partial charge in [-0.1, -0.05) is 0 Å². The first-order chi connectivity index (χ1) is 6.53. The van der Waals surface area contributed by atoms with Crippen molar-refractivity contribution in [2.45, 2.75) is 49.7 Å². The van der Waals surface area contributed by atoms with Gasteiger partial charge in [0.05, 0.1) is 10.5 Å². The van der Waals surface area contributed by atoms with Crippen LogP contribution in [0.3, 0.4) is 0 Å². The van der Waals surface area contributed by atoms with Crippen molar-refractivity contribution in [1.82, 2.24) is 5.32 Å². The Hall–Kier alpha value is -0.0900. The van der Waals surface area contributed by atoms with Crippen LogP contribution < -0.4 is 5.32 Å². The average molecular weight is 217 g/mol. The summed E-state index contributed by atoms with van der Waals surface area (Å²) in [6, 6.07) is 0.213. The molecule has 3 unspecified atom stereocenters. The predicted octanol–water partition coefficient (Wildman–Crippen LogP) is 0.950. The summed E-state index contributed by atoms with van der Waals surface area (Å²) in [7, 11) is -2.89. The normalized spacial score (nSPS) is 43.1. The summed E-state index contributed by atoms with van der Waals surface area (Å²) >= 11 is 0. The van der Waals surface area contributed by atoms with E-state index in [-0.39, 0.29) is 16.5 Å². The molecular weight excluding hydrogens is 198 g/mol. The SMILES string of the molecule is CC1CCNC(C2CC2)C(C)S1(=O)=O. The molecule has 0 aromatic rings. The average Bonchev–Trinajstić information content (AvgIpc) is 2.93. The van der Waals surface area contributed by atoms with E-state index in [1.54, 1.807) is 0 Å². The van der Waals surface area contributed by atoms with E-state index >= 15 is 0 Å². The highest BCUT2D eigenvalue weighted by Crippen LogP contribution is 2.37. The molecule has 1 saturated carbocycles. The molecule has 0 bridgehead atoms. The number of hydrogen-bond donors (Lipinski definition) is 1. The second-order valence-corrected chi connectivity index (χ2v) is 7.44. The lowest BCUT2D eigenvalue weighted by Gasteiger charge is -2.22. The molecule has 1 heterocycles. The minimum atomic E-state index is -2.89. The van der Waals surface area contributed by atoms with Crippen molar-refractivity contribution in [1.29, 1.82) is 0 Å². The van der Waals surface area contributed by atoms with Crippen molar-refractivity contribution in [3.8, 4) is 0 Å². The van der Waals surface area contributed by atoms with E-state index < -0.39 is 9.84 Å². The second kappa shape index (κ2) is 3.49. The third-order valence-electron chi connectivity index (χ3n) is 3.65. The molecule has 2 fully saturated rings. The summed E-state index contributed by atoms with van der Waals surface area (Å²) in [5.41, 5.74) is 0. The molecule has 1 saturated heterocycles. The third-order valence-corrected chi connectivity index (χ3v) is 6.33. The molecule has 2 aliphatic rings. The molecule has 0 spiro atoms. The zero-order valence-electron chi connectivity index (χ0n) is 8.86. The lowest BCUT2D eigenvalue weighted by Crippen LogP contribution is -2.42. The highest BCUT2D eigenvalue weighted by atomic mass is 32.2. The quantitative estimate of drug-likeness (QED) is 0.711. The van der Waals surface area contributed by atoms with Crippen LogP contribution in [0, 0.1) is 5.92 Å². The van der Waals surface area contributed by atoms with E-state index in [4.69, 9.17) is 0 Å². The first kappa shape index (κ1) is 10.4. The molecular formula is C10H19NO2S. The van der Waals surface area contributed by atoms with E-state index in [1.807, 2.05) is 13.8 Å². The Kier molecular flexibility index (Phi) is 2.60. The minimum Gasteiger partial charge on any atom is -0.312 e. The van der Waals surface area contributed by atoms with Gasteiger partial charge in [0, 0.05) is 6.04 Å². The Bertz CT molecular complexity index is 308. The van der Waals surface area contributed by atoms with Crippen LogP contribution in [0.25, 0.3) is 0 Å². The zero-order valence-corrected chi connectivity index (χ0v) is 9.68. The molecule has 1 N–H and O–H groups in total. The van der Waals surface area contributed by atoms with Gasteiger partial charge in [0.1, 0.15) is 0 Å². The summed E-state index contributed by atoms with van der Waals surface area (Å²) in [4.78, 5) is 0. The molecule has 4 heteroatoms. The van der Waals surface area contributed by atoms with Gasteiger partial charge in [-0.3, -0.25) is 0 Å². The van der Waals surface area contributed by atoms with Gasteiger partial charge in [0.25, 0.3) is 0 Å². The maximum Gasteiger partial charge on any atom is 0.157 e. The van der Waals surface area contributed by atoms with Crippen LogP contribution in [0.15, 0.2) is 0 Å². The van der Waals surface area contributed by atoms with Crippen LogP contribution in [0.1, 0.15) is 33.1 Å². The number of hydrogen-bond acceptors (Lipinski definition) is 3. The fraction of sp³-hybridized carbons (Fsp3) is 1.00. The van der Waals surface area contributed by atoms with E-state index in [0.717, 1.165) is 13.0 Å². The molecule has 0 amide bonds. The van der Waals surface area contributed by atoms with Crippen LogP contribution >= 0.6 is 0 Å². The monoisotopic (exact) mass is 217 g/mol. The Morgan fingerprint density at radius 3 is 2.36 bits per heavy atom. The van der Waals surface area contributed by atoms with Crippen molar-refractivity contribution in [3.63, 3.8) is 0 Å². The summed E-state index contributed by atoms with van der Waals surface area (Å²) in [6.07, 6.45) is 3.16. The highest BCUT2D eigenvalue weighted by molar-refractivity contribution is 7.92.